The third kappa shape index (κ3) is 3.89. The van der Waals surface area contributed by atoms with Crippen LogP contribution in [0, 0.1) is 11.3 Å². The van der Waals surface area contributed by atoms with E-state index in [1.54, 1.807) is 30.7 Å². The molecule has 1 N–H and O–H groups in total. The van der Waals surface area contributed by atoms with Gasteiger partial charge in [0, 0.05) is 13.1 Å². The Morgan fingerprint density at radius 3 is 2.55 bits per heavy atom. The Labute approximate surface area is 131 Å². The van der Waals surface area contributed by atoms with Crippen LogP contribution in [0.5, 0.6) is 0 Å². The molecule has 2 aliphatic heterocycles. The molecular formula is C15H24N4O3. The fourth-order valence-electron chi connectivity index (χ4n) is 2.93. The highest BCUT2D eigenvalue weighted by atomic mass is 16.6. The molecular weight excluding hydrogens is 284 g/mol. The summed E-state index contributed by atoms with van der Waals surface area (Å²) >= 11 is 0. The SMILES string of the molecule is CC(C)(C)OC(=O)NN1CCC[C@H]1C(=O)N1CCC[C@H]1C#N. The second-order valence-electron chi connectivity index (χ2n) is 6.78. The zero-order chi connectivity index (χ0) is 16.3. The number of likely N-dealkylation sites (tertiary alicyclic amines) is 1. The molecule has 2 fully saturated rings. The van der Waals surface area contributed by atoms with Gasteiger partial charge in [0.05, 0.1) is 6.07 Å². The van der Waals surface area contributed by atoms with Gasteiger partial charge in [0.15, 0.2) is 0 Å². The van der Waals surface area contributed by atoms with E-state index in [1.807, 2.05) is 0 Å². The van der Waals surface area contributed by atoms with Gasteiger partial charge in [0.1, 0.15) is 17.7 Å². The lowest BCUT2D eigenvalue weighted by molar-refractivity contribution is -0.136. The van der Waals surface area contributed by atoms with Gasteiger partial charge in [-0.1, -0.05) is 0 Å². The van der Waals surface area contributed by atoms with Gasteiger partial charge in [-0.3, -0.25) is 10.2 Å². The molecule has 0 aliphatic carbocycles. The second kappa shape index (κ2) is 6.53. The van der Waals surface area contributed by atoms with Crippen LogP contribution in [-0.2, 0) is 9.53 Å². The van der Waals surface area contributed by atoms with Crippen LogP contribution >= 0.6 is 0 Å². The maximum absolute atomic E-state index is 12.6. The highest BCUT2D eigenvalue weighted by Gasteiger charge is 2.39. The van der Waals surface area contributed by atoms with E-state index in [4.69, 9.17) is 10.00 Å². The van der Waals surface area contributed by atoms with Crippen LogP contribution in [0.25, 0.3) is 0 Å². The van der Waals surface area contributed by atoms with Crippen molar-refractivity contribution in [2.24, 2.45) is 0 Å². The van der Waals surface area contributed by atoms with Crippen molar-refractivity contribution in [2.45, 2.75) is 64.1 Å². The molecule has 0 saturated carbocycles. The molecule has 2 aliphatic rings. The Morgan fingerprint density at radius 1 is 1.23 bits per heavy atom. The molecule has 0 unspecified atom stereocenters. The molecule has 2 atom stereocenters. The van der Waals surface area contributed by atoms with Gasteiger partial charge < -0.3 is 9.64 Å². The summed E-state index contributed by atoms with van der Waals surface area (Å²) in [5, 5.41) is 10.8. The van der Waals surface area contributed by atoms with Crippen LogP contribution in [0.2, 0.25) is 0 Å². The molecule has 0 aromatic carbocycles. The lowest BCUT2D eigenvalue weighted by atomic mass is 10.2. The summed E-state index contributed by atoms with van der Waals surface area (Å²) in [4.78, 5) is 26.1. The van der Waals surface area contributed by atoms with Crippen molar-refractivity contribution < 1.29 is 14.3 Å². The van der Waals surface area contributed by atoms with Crippen LogP contribution in [0.4, 0.5) is 4.79 Å². The quantitative estimate of drug-likeness (QED) is 0.833. The van der Waals surface area contributed by atoms with Gasteiger partial charge in [-0.2, -0.15) is 5.26 Å². The van der Waals surface area contributed by atoms with Crippen molar-refractivity contribution >= 4 is 12.0 Å². The molecule has 2 heterocycles. The lowest BCUT2D eigenvalue weighted by Gasteiger charge is -2.30. The van der Waals surface area contributed by atoms with Crippen molar-refractivity contribution in [3.05, 3.63) is 0 Å². The van der Waals surface area contributed by atoms with Crippen molar-refractivity contribution in [1.29, 1.82) is 5.26 Å². The summed E-state index contributed by atoms with van der Waals surface area (Å²) in [6, 6.07) is 1.44. The smallest absolute Gasteiger partial charge is 0.422 e. The number of carbonyl (C=O) groups excluding carboxylic acids is 2. The molecule has 2 rings (SSSR count). The molecule has 7 nitrogen and oxygen atoms in total. The number of amides is 2. The zero-order valence-corrected chi connectivity index (χ0v) is 13.5. The minimum absolute atomic E-state index is 0.0717. The molecule has 2 amide bonds. The number of rotatable bonds is 2. The summed E-state index contributed by atoms with van der Waals surface area (Å²) < 4.78 is 5.23. The van der Waals surface area contributed by atoms with E-state index < -0.39 is 17.7 Å². The highest BCUT2D eigenvalue weighted by molar-refractivity contribution is 5.83. The highest BCUT2D eigenvalue weighted by Crippen LogP contribution is 2.23. The number of nitriles is 1. The molecule has 22 heavy (non-hydrogen) atoms. The van der Waals surface area contributed by atoms with Gasteiger partial charge in [-0.05, 0) is 46.5 Å². The van der Waals surface area contributed by atoms with Gasteiger partial charge in [-0.15, -0.1) is 0 Å². The summed E-state index contributed by atoms with van der Waals surface area (Å²) in [5.74, 6) is -0.0717. The second-order valence-corrected chi connectivity index (χ2v) is 6.78. The Morgan fingerprint density at radius 2 is 1.91 bits per heavy atom. The van der Waals surface area contributed by atoms with Crippen LogP contribution < -0.4 is 5.43 Å². The van der Waals surface area contributed by atoms with Crippen molar-refractivity contribution in [1.82, 2.24) is 15.3 Å². The molecule has 2 saturated heterocycles. The zero-order valence-electron chi connectivity index (χ0n) is 13.5. The number of ether oxygens (including phenoxy) is 1. The van der Waals surface area contributed by atoms with Crippen molar-refractivity contribution in [3.8, 4) is 6.07 Å². The Hall–Kier alpha value is -1.81. The van der Waals surface area contributed by atoms with Crippen LogP contribution in [0.3, 0.4) is 0 Å². The fourth-order valence-corrected chi connectivity index (χ4v) is 2.93. The molecule has 0 bridgehead atoms. The van der Waals surface area contributed by atoms with Gasteiger partial charge in [-0.25, -0.2) is 9.80 Å². The Bertz CT molecular complexity index is 480. The maximum atomic E-state index is 12.6. The predicted molar refractivity (Wildman–Crippen MR) is 79.4 cm³/mol. The molecule has 0 aromatic rings. The van der Waals surface area contributed by atoms with Crippen molar-refractivity contribution in [2.75, 3.05) is 13.1 Å². The third-order valence-corrected chi connectivity index (χ3v) is 3.86. The van der Waals surface area contributed by atoms with Gasteiger partial charge in [0.2, 0.25) is 5.91 Å². The van der Waals surface area contributed by atoms with Gasteiger partial charge >= 0.3 is 6.09 Å². The molecule has 0 spiro atoms. The maximum Gasteiger partial charge on any atom is 0.422 e. The number of hydrazine groups is 1. The predicted octanol–water partition coefficient (Wildman–Crippen LogP) is 1.41. The van der Waals surface area contributed by atoms with E-state index >= 15 is 0 Å². The number of hydrogen-bond acceptors (Lipinski definition) is 5. The first kappa shape index (κ1) is 16.6. The minimum Gasteiger partial charge on any atom is -0.443 e. The van der Waals surface area contributed by atoms with E-state index in [0.29, 0.717) is 19.5 Å². The average Bonchev–Trinajstić information content (AvgIpc) is 3.03. The number of nitrogens with one attached hydrogen (secondary N) is 1. The third-order valence-electron chi connectivity index (χ3n) is 3.86. The molecule has 122 valence electrons. The average molecular weight is 308 g/mol. The normalized spacial score (nSPS) is 25.8. The number of nitrogens with zero attached hydrogens (tertiary/aromatic N) is 3. The van der Waals surface area contributed by atoms with E-state index in [0.717, 1.165) is 19.3 Å². The first-order chi connectivity index (χ1) is 10.3. The van der Waals surface area contributed by atoms with Crippen molar-refractivity contribution in [3.63, 3.8) is 0 Å². The van der Waals surface area contributed by atoms with E-state index in [9.17, 15) is 9.59 Å². The standard InChI is InChI=1S/C15H24N4O3/c1-15(2,3)22-14(21)17-19-9-5-7-12(19)13(20)18-8-4-6-11(18)10-16/h11-12H,4-9H2,1-3H3,(H,17,21)/t11-,12-/m0/s1. The monoisotopic (exact) mass is 308 g/mol. The van der Waals surface area contributed by atoms with Crippen LogP contribution in [-0.4, -0.2) is 52.7 Å². The molecule has 0 radical (unpaired) electrons. The Kier molecular flexibility index (Phi) is 4.91. The van der Waals surface area contributed by atoms with E-state index in [-0.39, 0.29) is 11.9 Å². The summed E-state index contributed by atoms with van der Waals surface area (Å²) in [7, 11) is 0. The summed E-state index contributed by atoms with van der Waals surface area (Å²) in [6.45, 7) is 6.61. The van der Waals surface area contributed by atoms with Crippen LogP contribution in [0.15, 0.2) is 0 Å². The number of carbonyl (C=O) groups is 2. The molecule has 0 aromatic heterocycles. The first-order valence-electron chi connectivity index (χ1n) is 7.78. The topological polar surface area (TPSA) is 85.7 Å². The number of hydrogen-bond donors (Lipinski definition) is 1. The lowest BCUT2D eigenvalue weighted by Crippen LogP contribution is -2.53. The molecule has 7 heteroatoms. The minimum atomic E-state index is -0.579. The van der Waals surface area contributed by atoms with E-state index in [2.05, 4.69) is 11.5 Å². The Balaban J connectivity index is 1.97. The van der Waals surface area contributed by atoms with Crippen LogP contribution in [0.1, 0.15) is 46.5 Å². The van der Waals surface area contributed by atoms with E-state index in [1.165, 1.54) is 0 Å². The van der Waals surface area contributed by atoms with Gasteiger partial charge in [0.25, 0.3) is 0 Å². The largest absolute Gasteiger partial charge is 0.443 e. The summed E-state index contributed by atoms with van der Waals surface area (Å²) in [6.07, 6.45) is 2.55. The first-order valence-corrected chi connectivity index (χ1v) is 7.78. The fraction of sp³-hybridized carbons (Fsp3) is 0.800. The summed E-state index contributed by atoms with van der Waals surface area (Å²) in [5.41, 5.74) is 2.09.